The van der Waals surface area contributed by atoms with Gasteiger partial charge in [0, 0.05) is 28.9 Å². The summed E-state index contributed by atoms with van der Waals surface area (Å²) in [6.07, 6.45) is 0.720. The van der Waals surface area contributed by atoms with Crippen LogP contribution in [0.5, 0.6) is 0 Å². The third kappa shape index (κ3) is 2.81. The van der Waals surface area contributed by atoms with Crippen molar-refractivity contribution in [2.45, 2.75) is 37.8 Å². The molecule has 3 aromatic rings. The van der Waals surface area contributed by atoms with Crippen molar-refractivity contribution in [1.29, 1.82) is 0 Å². The van der Waals surface area contributed by atoms with Crippen LogP contribution in [0.1, 0.15) is 23.9 Å². The Morgan fingerprint density at radius 3 is 2.85 bits per heavy atom. The molecule has 0 bridgehead atoms. The van der Waals surface area contributed by atoms with Crippen LogP contribution in [0.4, 0.5) is 5.69 Å². The second kappa shape index (κ2) is 5.90. The smallest absolute Gasteiger partial charge is 0.259 e. The van der Waals surface area contributed by atoms with Gasteiger partial charge < -0.3 is 4.90 Å². The summed E-state index contributed by atoms with van der Waals surface area (Å²) >= 11 is 1.44. The maximum atomic E-state index is 12.4. The zero-order valence-electron chi connectivity index (χ0n) is 14.3. The number of sulfonamides is 1. The van der Waals surface area contributed by atoms with E-state index >= 15 is 0 Å². The average Bonchev–Trinajstić information content (AvgIpc) is 3.07. The summed E-state index contributed by atoms with van der Waals surface area (Å²) in [6.45, 7) is 4.44. The van der Waals surface area contributed by atoms with E-state index in [0.29, 0.717) is 17.2 Å². The molecule has 7 nitrogen and oxygen atoms in total. The molecule has 0 aliphatic carbocycles. The lowest BCUT2D eigenvalue weighted by molar-refractivity contribution is 0.597. The van der Waals surface area contributed by atoms with Gasteiger partial charge in [0.1, 0.15) is 0 Å². The molecule has 0 saturated heterocycles. The van der Waals surface area contributed by atoms with Gasteiger partial charge >= 0.3 is 0 Å². The molecule has 4 rings (SSSR count). The van der Waals surface area contributed by atoms with Crippen molar-refractivity contribution in [3.63, 3.8) is 0 Å². The van der Waals surface area contributed by atoms with E-state index in [2.05, 4.69) is 16.8 Å². The Morgan fingerprint density at radius 1 is 1.35 bits per heavy atom. The molecular weight excluding hydrogens is 372 g/mol. The summed E-state index contributed by atoms with van der Waals surface area (Å²) in [5.74, 6) is 0. The highest BCUT2D eigenvalue weighted by atomic mass is 32.2. The van der Waals surface area contributed by atoms with Crippen LogP contribution in [0.25, 0.3) is 4.96 Å². The lowest BCUT2D eigenvalue weighted by atomic mass is 10.1. The summed E-state index contributed by atoms with van der Waals surface area (Å²) in [6, 6.07) is 6.67. The maximum Gasteiger partial charge on any atom is 0.259 e. The Balaban J connectivity index is 1.71. The molecule has 0 radical (unpaired) electrons. The highest BCUT2D eigenvalue weighted by Crippen LogP contribution is 2.34. The van der Waals surface area contributed by atoms with Gasteiger partial charge in [-0.15, -0.1) is 11.3 Å². The van der Waals surface area contributed by atoms with Crippen molar-refractivity contribution in [3.8, 4) is 0 Å². The quantitative estimate of drug-likeness (QED) is 0.733. The summed E-state index contributed by atoms with van der Waals surface area (Å²) in [4.78, 5) is 19.9. The minimum Gasteiger partial charge on any atom is -0.362 e. The van der Waals surface area contributed by atoms with E-state index in [-0.39, 0.29) is 16.5 Å². The van der Waals surface area contributed by atoms with Gasteiger partial charge in [0.2, 0.25) is 10.0 Å². The number of rotatable bonds is 3. The van der Waals surface area contributed by atoms with Crippen LogP contribution in [-0.2, 0) is 23.0 Å². The number of benzene rings is 1. The van der Waals surface area contributed by atoms with E-state index < -0.39 is 10.0 Å². The number of primary sulfonamides is 1. The fourth-order valence-electron chi connectivity index (χ4n) is 3.45. The van der Waals surface area contributed by atoms with Crippen molar-refractivity contribution >= 4 is 32.0 Å². The molecule has 3 heterocycles. The second-order valence-electron chi connectivity index (χ2n) is 6.60. The van der Waals surface area contributed by atoms with Crippen LogP contribution < -0.4 is 15.6 Å². The van der Waals surface area contributed by atoms with Gasteiger partial charge in [0.25, 0.3) is 5.56 Å². The highest BCUT2D eigenvalue weighted by Gasteiger charge is 2.28. The predicted octanol–water partition coefficient (Wildman–Crippen LogP) is 1.66. The van der Waals surface area contributed by atoms with E-state index in [4.69, 9.17) is 5.14 Å². The number of aryl methyl sites for hydroxylation is 1. The third-order valence-corrected chi connectivity index (χ3v) is 6.55. The largest absolute Gasteiger partial charge is 0.362 e. The Hall–Kier alpha value is -2.23. The highest BCUT2D eigenvalue weighted by molar-refractivity contribution is 7.89. The molecule has 1 aliphatic rings. The number of thiazole rings is 1. The molecule has 0 spiro atoms. The molecule has 26 heavy (non-hydrogen) atoms. The zero-order valence-corrected chi connectivity index (χ0v) is 16.0. The topological polar surface area (TPSA) is 97.8 Å². The van der Waals surface area contributed by atoms with Crippen LogP contribution in [-0.4, -0.2) is 23.8 Å². The third-order valence-electron chi connectivity index (χ3n) is 4.70. The fraction of sp³-hybridized carbons (Fsp3) is 0.294. The summed E-state index contributed by atoms with van der Waals surface area (Å²) in [5.41, 5.74) is 3.39. The van der Waals surface area contributed by atoms with Gasteiger partial charge in [0.05, 0.1) is 17.1 Å². The molecule has 2 N–H and O–H groups in total. The minimum absolute atomic E-state index is 0.0830. The Morgan fingerprint density at radius 2 is 2.12 bits per heavy atom. The van der Waals surface area contributed by atoms with Gasteiger partial charge in [-0.05, 0) is 44.0 Å². The summed E-state index contributed by atoms with van der Waals surface area (Å²) in [7, 11) is -3.72. The molecule has 2 aromatic heterocycles. The molecule has 1 aromatic carbocycles. The van der Waals surface area contributed by atoms with Crippen LogP contribution in [0.2, 0.25) is 0 Å². The maximum absolute atomic E-state index is 12.4. The van der Waals surface area contributed by atoms with E-state index in [1.165, 1.54) is 17.4 Å². The Bertz CT molecular complexity index is 1180. The number of nitrogens with two attached hydrogens (primary N) is 1. The van der Waals surface area contributed by atoms with Gasteiger partial charge in [-0.1, -0.05) is 0 Å². The van der Waals surface area contributed by atoms with E-state index in [0.717, 1.165) is 23.4 Å². The van der Waals surface area contributed by atoms with Crippen molar-refractivity contribution in [3.05, 3.63) is 57.0 Å². The number of anilines is 1. The van der Waals surface area contributed by atoms with Crippen molar-refractivity contribution in [2.75, 3.05) is 4.90 Å². The first-order valence-corrected chi connectivity index (χ1v) is 10.6. The first kappa shape index (κ1) is 17.2. The Kier molecular flexibility index (Phi) is 3.90. The molecule has 9 heteroatoms. The van der Waals surface area contributed by atoms with Crippen molar-refractivity contribution in [1.82, 2.24) is 9.38 Å². The van der Waals surface area contributed by atoms with Crippen LogP contribution in [0.3, 0.4) is 0 Å². The van der Waals surface area contributed by atoms with E-state index in [1.54, 1.807) is 22.6 Å². The SMILES string of the molecule is Cc1csc2nc(CN3c4ccc(S(N)(=O)=O)cc4CC3C)cc(=O)n12. The minimum atomic E-state index is -3.72. The molecule has 1 unspecified atom stereocenters. The molecule has 1 aliphatic heterocycles. The second-order valence-corrected chi connectivity index (χ2v) is 9.00. The molecule has 0 saturated carbocycles. The lowest BCUT2D eigenvalue weighted by Gasteiger charge is -2.24. The summed E-state index contributed by atoms with van der Waals surface area (Å²) in [5, 5.41) is 7.14. The van der Waals surface area contributed by atoms with Gasteiger partial charge in [-0.3, -0.25) is 9.20 Å². The first-order valence-electron chi connectivity index (χ1n) is 8.13. The molecule has 0 amide bonds. The lowest BCUT2D eigenvalue weighted by Crippen LogP contribution is -2.30. The molecule has 136 valence electrons. The van der Waals surface area contributed by atoms with Crippen LogP contribution in [0, 0.1) is 6.92 Å². The fourth-order valence-corrected chi connectivity index (χ4v) is 4.90. The Labute approximate surface area is 154 Å². The number of aromatic nitrogens is 2. The van der Waals surface area contributed by atoms with E-state index in [1.807, 2.05) is 12.3 Å². The van der Waals surface area contributed by atoms with Crippen molar-refractivity contribution < 1.29 is 8.42 Å². The predicted molar refractivity (Wildman–Crippen MR) is 101 cm³/mol. The first-order chi connectivity index (χ1) is 12.2. The molecule has 0 fully saturated rings. The van der Waals surface area contributed by atoms with Crippen LogP contribution >= 0.6 is 11.3 Å². The zero-order chi connectivity index (χ0) is 18.6. The number of fused-ring (bicyclic) bond motifs is 2. The molecule has 1 atom stereocenters. The van der Waals surface area contributed by atoms with Gasteiger partial charge in [-0.2, -0.15) is 0 Å². The number of hydrogen-bond donors (Lipinski definition) is 1. The van der Waals surface area contributed by atoms with E-state index in [9.17, 15) is 13.2 Å². The average molecular weight is 390 g/mol. The van der Waals surface area contributed by atoms with Crippen LogP contribution in [0.15, 0.2) is 39.3 Å². The number of hydrogen-bond acceptors (Lipinski definition) is 6. The van der Waals surface area contributed by atoms with Gasteiger partial charge in [-0.25, -0.2) is 18.5 Å². The number of nitrogens with zero attached hydrogens (tertiary/aromatic N) is 3. The normalized spacial score (nSPS) is 17.0. The van der Waals surface area contributed by atoms with Gasteiger partial charge in [0.15, 0.2) is 4.96 Å². The molecular formula is C17H18N4O3S2. The standard InChI is InChI=1S/C17H18N4O3S2/c1-10-5-12-6-14(26(18,23)24)3-4-15(12)20(10)8-13-7-16(22)21-11(2)9-25-17(21)19-13/h3-4,6-7,9-10H,5,8H2,1-2H3,(H2,18,23,24). The monoisotopic (exact) mass is 390 g/mol. The van der Waals surface area contributed by atoms with Crippen molar-refractivity contribution in [2.24, 2.45) is 5.14 Å². The summed E-state index contributed by atoms with van der Waals surface area (Å²) < 4.78 is 24.7.